The highest BCUT2D eigenvalue weighted by atomic mass is 19.1. The van der Waals surface area contributed by atoms with Gasteiger partial charge in [-0.25, -0.2) is 4.39 Å². The van der Waals surface area contributed by atoms with Gasteiger partial charge in [-0.05, 0) is 54.8 Å². The zero-order valence-corrected chi connectivity index (χ0v) is 13.9. The van der Waals surface area contributed by atoms with Gasteiger partial charge >= 0.3 is 0 Å². The van der Waals surface area contributed by atoms with Crippen LogP contribution >= 0.6 is 0 Å². The maximum absolute atomic E-state index is 13.2. The maximum Gasteiger partial charge on any atom is 0.247 e. The molecule has 3 N–H and O–H groups in total. The number of anilines is 2. The van der Waals surface area contributed by atoms with Gasteiger partial charge in [0.15, 0.2) is 0 Å². The smallest absolute Gasteiger partial charge is 0.247 e. The number of hydrogen-bond acceptors (Lipinski definition) is 3. The third-order valence-corrected chi connectivity index (χ3v) is 3.91. The fourth-order valence-electron chi connectivity index (χ4n) is 2.49. The molecule has 130 valence electrons. The molecule has 2 amide bonds. The Labute approximate surface area is 145 Å². The first-order valence-corrected chi connectivity index (χ1v) is 8.21. The molecule has 1 saturated carbocycles. The molecule has 1 fully saturated rings. The second-order valence-electron chi connectivity index (χ2n) is 6.17. The number of nitrogens with one attached hydrogen (secondary N) is 3. The topological polar surface area (TPSA) is 70.2 Å². The normalized spacial score (nSPS) is 14.5. The predicted octanol–water partition coefficient (Wildman–Crippen LogP) is 3.22. The number of hydrogen-bond donors (Lipinski definition) is 3. The van der Waals surface area contributed by atoms with Crippen LogP contribution in [0.2, 0.25) is 0 Å². The molecular weight excluding hydrogens is 321 g/mol. The molecular formula is C19H20FN3O2. The van der Waals surface area contributed by atoms with Gasteiger partial charge in [-0.1, -0.05) is 12.1 Å². The summed E-state index contributed by atoms with van der Waals surface area (Å²) in [6.45, 7) is 1.44. The molecule has 3 rings (SSSR count). The second-order valence-corrected chi connectivity index (χ2v) is 6.17. The van der Waals surface area contributed by atoms with Crippen LogP contribution in [0.1, 0.15) is 31.4 Å². The van der Waals surface area contributed by atoms with Gasteiger partial charge in [-0.2, -0.15) is 0 Å². The average molecular weight is 341 g/mol. The Hall–Kier alpha value is -2.89. The molecule has 1 atom stereocenters. The third-order valence-electron chi connectivity index (χ3n) is 3.91. The van der Waals surface area contributed by atoms with Gasteiger partial charge in [-0.15, -0.1) is 0 Å². The number of carbonyl (C=O) groups is 2. The molecule has 1 aliphatic rings. The fourth-order valence-corrected chi connectivity index (χ4v) is 2.49. The third kappa shape index (κ3) is 4.79. The number of carbonyl (C=O) groups excluding carboxylic acids is 2. The van der Waals surface area contributed by atoms with E-state index in [4.69, 9.17) is 0 Å². The highest BCUT2D eigenvalue weighted by Gasteiger charge is 2.28. The number of rotatable bonds is 6. The summed E-state index contributed by atoms with van der Waals surface area (Å²) >= 11 is 0. The summed E-state index contributed by atoms with van der Waals surface area (Å²) in [5.74, 6) is -0.626. The number of amides is 2. The lowest BCUT2D eigenvalue weighted by Crippen LogP contribution is -2.34. The summed E-state index contributed by atoms with van der Waals surface area (Å²) in [6.07, 6.45) is 1.99. The van der Waals surface area contributed by atoms with Gasteiger partial charge in [0.1, 0.15) is 11.9 Å². The van der Waals surface area contributed by atoms with Crippen molar-refractivity contribution in [2.45, 2.75) is 31.8 Å². The minimum Gasteiger partial charge on any atom is -0.370 e. The van der Waals surface area contributed by atoms with Crippen molar-refractivity contribution in [1.29, 1.82) is 0 Å². The summed E-state index contributed by atoms with van der Waals surface area (Å²) < 4.78 is 13.2. The Kier molecular flexibility index (Phi) is 4.97. The number of halogens is 1. The van der Waals surface area contributed by atoms with E-state index in [0.29, 0.717) is 11.3 Å². The van der Waals surface area contributed by atoms with Crippen LogP contribution in [0.4, 0.5) is 15.8 Å². The first-order chi connectivity index (χ1) is 12.0. The minimum atomic E-state index is -0.618. The van der Waals surface area contributed by atoms with Crippen molar-refractivity contribution in [1.82, 2.24) is 5.32 Å². The molecule has 0 heterocycles. The van der Waals surface area contributed by atoms with Crippen LogP contribution < -0.4 is 16.0 Å². The quantitative estimate of drug-likeness (QED) is 0.755. The summed E-state index contributed by atoms with van der Waals surface area (Å²) in [5, 5.41) is 8.85. The molecule has 2 aromatic rings. The highest BCUT2D eigenvalue weighted by molar-refractivity contribution is 5.89. The van der Waals surface area contributed by atoms with Gasteiger partial charge in [0.25, 0.3) is 0 Å². The van der Waals surface area contributed by atoms with Gasteiger partial charge in [-0.3, -0.25) is 9.59 Å². The van der Waals surface area contributed by atoms with Crippen LogP contribution in [0.15, 0.2) is 48.5 Å². The second kappa shape index (κ2) is 7.34. The molecule has 0 aliphatic heterocycles. The van der Waals surface area contributed by atoms with Crippen molar-refractivity contribution in [3.63, 3.8) is 0 Å². The molecule has 5 nitrogen and oxygen atoms in total. The Morgan fingerprint density at radius 3 is 2.16 bits per heavy atom. The lowest BCUT2D eigenvalue weighted by molar-refractivity contribution is -0.122. The van der Waals surface area contributed by atoms with Gasteiger partial charge in [0.2, 0.25) is 11.8 Å². The zero-order valence-electron chi connectivity index (χ0n) is 13.9. The van der Waals surface area contributed by atoms with Crippen molar-refractivity contribution in [3.8, 4) is 0 Å². The van der Waals surface area contributed by atoms with Crippen molar-refractivity contribution in [2.24, 2.45) is 0 Å². The van der Waals surface area contributed by atoms with Crippen LogP contribution in [-0.2, 0) is 9.59 Å². The van der Waals surface area contributed by atoms with Crippen LogP contribution in [0.25, 0.3) is 0 Å². The summed E-state index contributed by atoms with van der Waals surface area (Å²) in [7, 11) is 0. The van der Waals surface area contributed by atoms with Crippen molar-refractivity contribution < 1.29 is 14.0 Å². The zero-order chi connectivity index (χ0) is 17.8. The maximum atomic E-state index is 13.2. The van der Waals surface area contributed by atoms with E-state index in [1.165, 1.54) is 19.1 Å². The molecule has 1 aliphatic carbocycles. The first-order valence-electron chi connectivity index (χ1n) is 8.21. The minimum absolute atomic E-state index is 0.139. The van der Waals surface area contributed by atoms with Crippen LogP contribution in [0, 0.1) is 5.82 Å². The fraction of sp³-hybridized carbons (Fsp3) is 0.263. The van der Waals surface area contributed by atoms with E-state index >= 15 is 0 Å². The lowest BCUT2D eigenvalue weighted by Gasteiger charge is -2.20. The van der Waals surface area contributed by atoms with Crippen LogP contribution in [0.5, 0.6) is 0 Å². The van der Waals surface area contributed by atoms with Crippen LogP contribution in [0.3, 0.4) is 0 Å². The summed E-state index contributed by atoms with van der Waals surface area (Å²) in [4.78, 5) is 23.6. The van der Waals surface area contributed by atoms with E-state index in [9.17, 15) is 14.0 Å². The largest absolute Gasteiger partial charge is 0.370 e. The van der Waals surface area contributed by atoms with Gasteiger partial charge in [0.05, 0.1) is 0 Å². The molecule has 6 heteroatoms. The molecule has 25 heavy (non-hydrogen) atoms. The summed E-state index contributed by atoms with van der Waals surface area (Å²) in [6, 6.07) is 12.6. The van der Waals surface area contributed by atoms with E-state index in [0.717, 1.165) is 18.5 Å². The molecule has 0 spiro atoms. The van der Waals surface area contributed by atoms with E-state index in [1.54, 1.807) is 36.4 Å². The molecule has 0 unspecified atom stereocenters. The Balaban J connectivity index is 1.77. The molecule has 2 aromatic carbocycles. The Bertz CT molecular complexity index is 755. The highest BCUT2D eigenvalue weighted by Crippen LogP contribution is 2.25. The molecule has 0 radical (unpaired) electrons. The van der Waals surface area contributed by atoms with E-state index in [1.807, 2.05) is 0 Å². The SMILES string of the molecule is CC(=O)Nc1ccc(N[C@@H](C(=O)NC2CC2)c2ccc(F)cc2)cc1. The van der Waals surface area contributed by atoms with Gasteiger partial charge < -0.3 is 16.0 Å². The van der Waals surface area contributed by atoms with Crippen molar-refractivity contribution >= 4 is 23.2 Å². The average Bonchev–Trinajstić information content (AvgIpc) is 3.38. The van der Waals surface area contributed by atoms with Gasteiger partial charge in [0, 0.05) is 24.3 Å². The van der Waals surface area contributed by atoms with Crippen molar-refractivity contribution in [2.75, 3.05) is 10.6 Å². The predicted molar refractivity (Wildman–Crippen MR) is 94.7 cm³/mol. The van der Waals surface area contributed by atoms with E-state index in [-0.39, 0.29) is 23.7 Å². The monoisotopic (exact) mass is 341 g/mol. The van der Waals surface area contributed by atoms with E-state index in [2.05, 4.69) is 16.0 Å². The van der Waals surface area contributed by atoms with Crippen molar-refractivity contribution in [3.05, 3.63) is 59.9 Å². The first kappa shape index (κ1) is 17.0. The standard InChI is InChI=1S/C19H20FN3O2/c1-12(24)21-15-6-8-16(9-7-15)22-18(19(25)23-17-10-11-17)13-2-4-14(20)5-3-13/h2-9,17-18,22H,10-11H2,1H3,(H,21,24)(H,23,25)/t18-/m1/s1. The number of benzene rings is 2. The Morgan fingerprint density at radius 2 is 1.60 bits per heavy atom. The Morgan fingerprint density at radius 1 is 1.00 bits per heavy atom. The molecule has 0 saturated heterocycles. The van der Waals surface area contributed by atoms with E-state index < -0.39 is 6.04 Å². The van der Waals surface area contributed by atoms with Crippen LogP contribution in [-0.4, -0.2) is 17.9 Å². The molecule has 0 bridgehead atoms. The molecule has 0 aromatic heterocycles. The lowest BCUT2D eigenvalue weighted by atomic mass is 10.1. The summed E-state index contributed by atoms with van der Waals surface area (Å²) in [5.41, 5.74) is 2.10.